The zero-order chi connectivity index (χ0) is 13.1. The molecule has 1 atom stereocenters. The van der Waals surface area contributed by atoms with Crippen LogP contribution in [0.5, 0.6) is 0 Å². The van der Waals surface area contributed by atoms with E-state index in [0.717, 1.165) is 6.42 Å². The first-order valence-electron chi connectivity index (χ1n) is 5.54. The molecule has 1 aliphatic rings. The molecule has 96 valence electrons. The molecule has 6 nitrogen and oxygen atoms in total. The molecule has 2 heterocycles. The smallest absolute Gasteiger partial charge is 0.274 e. The van der Waals surface area contributed by atoms with Crippen LogP contribution < -0.4 is 5.73 Å². The van der Waals surface area contributed by atoms with Crippen molar-refractivity contribution in [1.82, 2.24) is 9.88 Å². The molecule has 2 rings (SSSR count). The zero-order valence-electron chi connectivity index (χ0n) is 9.58. The molecule has 3 N–H and O–H groups in total. The third-order valence-electron chi connectivity index (χ3n) is 2.93. The first-order chi connectivity index (χ1) is 8.65. The largest absolute Gasteiger partial charge is 0.409 e. The highest BCUT2D eigenvalue weighted by molar-refractivity contribution is 9.10. The molecule has 1 saturated heterocycles. The normalized spacial score (nSPS) is 20.2. The van der Waals surface area contributed by atoms with E-state index in [-0.39, 0.29) is 17.8 Å². The fourth-order valence-corrected chi connectivity index (χ4v) is 2.49. The summed E-state index contributed by atoms with van der Waals surface area (Å²) in [6.07, 6.45) is 3.09. The van der Waals surface area contributed by atoms with Gasteiger partial charge in [0.05, 0.1) is 6.04 Å². The number of aromatic nitrogens is 1. The van der Waals surface area contributed by atoms with E-state index in [1.54, 1.807) is 23.2 Å². The monoisotopic (exact) mass is 312 g/mol. The molecule has 0 saturated carbocycles. The summed E-state index contributed by atoms with van der Waals surface area (Å²) >= 11 is 3.30. The summed E-state index contributed by atoms with van der Waals surface area (Å²) < 4.78 is 0.639. The lowest BCUT2D eigenvalue weighted by Crippen LogP contribution is -2.44. The summed E-state index contributed by atoms with van der Waals surface area (Å²) in [4.78, 5) is 18.0. The maximum Gasteiger partial charge on any atom is 0.274 e. The van der Waals surface area contributed by atoms with Crippen molar-refractivity contribution in [3.8, 4) is 0 Å². The van der Waals surface area contributed by atoms with Crippen molar-refractivity contribution in [3.63, 3.8) is 0 Å². The molecule has 0 spiro atoms. The first-order valence-corrected chi connectivity index (χ1v) is 6.33. The van der Waals surface area contributed by atoms with Crippen molar-refractivity contribution >= 4 is 27.7 Å². The number of halogens is 1. The molecule has 0 bridgehead atoms. The highest BCUT2D eigenvalue weighted by atomic mass is 79.9. The summed E-state index contributed by atoms with van der Waals surface area (Å²) in [5, 5.41) is 11.7. The van der Waals surface area contributed by atoms with E-state index in [1.807, 2.05) is 0 Å². The molecule has 18 heavy (non-hydrogen) atoms. The fourth-order valence-electron chi connectivity index (χ4n) is 2.06. The van der Waals surface area contributed by atoms with Crippen molar-refractivity contribution in [2.45, 2.75) is 18.9 Å². The molecule has 7 heteroatoms. The van der Waals surface area contributed by atoms with Gasteiger partial charge >= 0.3 is 0 Å². The summed E-state index contributed by atoms with van der Waals surface area (Å²) in [6, 6.07) is 3.15. The molecule has 0 aromatic carbocycles. The third kappa shape index (κ3) is 2.31. The molecule has 1 aromatic heterocycles. The number of carbonyl (C=O) groups excluding carboxylic acids is 1. The molecule has 1 aliphatic heterocycles. The average molecular weight is 313 g/mol. The molecular weight excluding hydrogens is 300 g/mol. The Kier molecular flexibility index (Phi) is 3.81. The van der Waals surface area contributed by atoms with Gasteiger partial charge in [0.25, 0.3) is 5.91 Å². The number of rotatable bonds is 2. The second-order valence-electron chi connectivity index (χ2n) is 4.02. The minimum atomic E-state index is -0.351. The second-order valence-corrected chi connectivity index (χ2v) is 4.87. The highest BCUT2D eigenvalue weighted by Crippen LogP contribution is 2.22. The molecule has 0 radical (unpaired) electrons. The predicted molar refractivity (Wildman–Crippen MR) is 69.4 cm³/mol. The zero-order valence-corrected chi connectivity index (χ0v) is 11.2. The van der Waals surface area contributed by atoms with Crippen LogP contribution >= 0.6 is 15.9 Å². The van der Waals surface area contributed by atoms with E-state index in [2.05, 4.69) is 26.1 Å². The van der Waals surface area contributed by atoms with Gasteiger partial charge in [0.1, 0.15) is 5.69 Å². The van der Waals surface area contributed by atoms with E-state index >= 15 is 0 Å². The summed E-state index contributed by atoms with van der Waals surface area (Å²) in [5.74, 6) is -0.149. The lowest BCUT2D eigenvalue weighted by Gasteiger charge is -2.23. The van der Waals surface area contributed by atoms with E-state index in [1.165, 1.54) is 0 Å². The third-order valence-corrected chi connectivity index (χ3v) is 3.57. The van der Waals surface area contributed by atoms with E-state index in [0.29, 0.717) is 23.1 Å². The molecule has 1 fully saturated rings. The molecular formula is C11H13BrN4O2. The number of likely N-dealkylation sites (tertiary alicyclic amines) is 1. The van der Waals surface area contributed by atoms with Crippen LogP contribution in [0, 0.1) is 0 Å². The predicted octanol–water partition coefficient (Wildman–Crippen LogP) is 1.20. The van der Waals surface area contributed by atoms with Crippen LogP contribution in [-0.2, 0) is 0 Å². The van der Waals surface area contributed by atoms with Crippen LogP contribution in [0.25, 0.3) is 0 Å². The molecule has 1 amide bonds. The van der Waals surface area contributed by atoms with E-state index < -0.39 is 0 Å². The van der Waals surface area contributed by atoms with Crippen molar-refractivity contribution in [1.29, 1.82) is 0 Å². The minimum Gasteiger partial charge on any atom is -0.409 e. The highest BCUT2D eigenvalue weighted by Gasteiger charge is 2.33. The molecule has 1 aromatic rings. The van der Waals surface area contributed by atoms with Crippen molar-refractivity contribution in [3.05, 3.63) is 28.5 Å². The van der Waals surface area contributed by atoms with Gasteiger partial charge in [-0.05, 0) is 40.9 Å². The van der Waals surface area contributed by atoms with Gasteiger partial charge in [-0.2, -0.15) is 0 Å². The number of nitrogens with two attached hydrogens (primary N) is 1. The maximum absolute atomic E-state index is 12.3. The Bertz CT molecular complexity index is 492. The number of carbonyl (C=O) groups is 1. The topological polar surface area (TPSA) is 91.8 Å². The Morgan fingerprint density at radius 1 is 1.67 bits per heavy atom. The lowest BCUT2D eigenvalue weighted by atomic mass is 10.2. The Labute approximate surface area is 113 Å². The molecule has 1 unspecified atom stereocenters. The van der Waals surface area contributed by atoms with Crippen LogP contribution in [-0.4, -0.2) is 39.4 Å². The summed E-state index contributed by atoms with van der Waals surface area (Å²) in [7, 11) is 0. The van der Waals surface area contributed by atoms with Gasteiger partial charge in [-0.3, -0.25) is 4.79 Å². The Balaban J connectivity index is 2.26. The van der Waals surface area contributed by atoms with Gasteiger partial charge in [-0.1, -0.05) is 5.16 Å². The van der Waals surface area contributed by atoms with E-state index in [9.17, 15) is 4.79 Å². The number of hydrogen-bond donors (Lipinski definition) is 2. The number of nitrogens with zero attached hydrogens (tertiary/aromatic N) is 3. The summed E-state index contributed by atoms with van der Waals surface area (Å²) in [6.45, 7) is 0.586. The number of hydrogen-bond acceptors (Lipinski definition) is 4. The standard InChI is InChI=1S/C11H13BrN4O2/c12-7-3-1-5-14-9(7)11(17)16-6-2-4-8(16)10(13)15-18/h1,3,5,8,18H,2,4,6H2,(H2,13,15). The van der Waals surface area contributed by atoms with Gasteiger partial charge in [-0.15, -0.1) is 0 Å². The number of amidine groups is 1. The second kappa shape index (κ2) is 5.34. The number of amides is 1. The van der Waals surface area contributed by atoms with Crippen LogP contribution in [0.15, 0.2) is 28.0 Å². The maximum atomic E-state index is 12.3. The van der Waals surface area contributed by atoms with Crippen LogP contribution in [0.3, 0.4) is 0 Å². The SMILES string of the molecule is N/C(=N/O)C1CCCN1C(=O)c1ncccc1Br. The first kappa shape index (κ1) is 12.8. The number of oxime groups is 1. The van der Waals surface area contributed by atoms with Gasteiger partial charge in [0.15, 0.2) is 5.84 Å². The minimum absolute atomic E-state index is 0.0629. The molecule has 0 aliphatic carbocycles. The Morgan fingerprint density at radius 3 is 3.11 bits per heavy atom. The van der Waals surface area contributed by atoms with Gasteiger partial charge in [-0.25, -0.2) is 4.98 Å². The van der Waals surface area contributed by atoms with Crippen molar-refractivity contribution < 1.29 is 10.0 Å². The number of pyridine rings is 1. The van der Waals surface area contributed by atoms with Crippen LogP contribution in [0.4, 0.5) is 0 Å². The Hall–Kier alpha value is -1.63. The van der Waals surface area contributed by atoms with Crippen LogP contribution in [0.1, 0.15) is 23.3 Å². The van der Waals surface area contributed by atoms with Crippen molar-refractivity contribution in [2.75, 3.05) is 6.54 Å². The van der Waals surface area contributed by atoms with E-state index in [4.69, 9.17) is 10.9 Å². The van der Waals surface area contributed by atoms with Gasteiger partial charge in [0.2, 0.25) is 0 Å². The summed E-state index contributed by atoms with van der Waals surface area (Å²) in [5.41, 5.74) is 5.94. The average Bonchev–Trinajstić information content (AvgIpc) is 2.86. The van der Waals surface area contributed by atoms with Crippen molar-refractivity contribution in [2.24, 2.45) is 10.9 Å². The van der Waals surface area contributed by atoms with Gasteiger partial charge in [0, 0.05) is 17.2 Å². The van der Waals surface area contributed by atoms with Gasteiger partial charge < -0.3 is 15.8 Å². The quantitative estimate of drug-likeness (QED) is 0.371. The fraction of sp³-hybridized carbons (Fsp3) is 0.364. The van der Waals surface area contributed by atoms with Crippen LogP contribution in [0.2, 0.25) is 0 Å². The Morgan fingerprint density at radius 2 is 2.44 bits per heavy atom. The lowest BCUT2D eigenvalue weighted by molar-refractivity contribution is 0.0761.